The van der Waals surface area contributed by atoms with Gasteiger partial charge in [-0.1, -0.05) is 12.1 Å². The molecule has 4 bridgehead atoms. The van der Waals surface area contributed by atoms with Gasteiger partial charge in [-0.2, -0.15) is 0 Å². The molecule has 4 fully saturated rings. The Kier molecular flexibility index (Phi) is 4.75. The highest BCUT2D eigenvalue weighted by Crippen LogP contribution is 2.62. The number of halogens is 1. The zero-order chi connectivity index (χ0) is 22.7. The molecule has 0 radical (unpaired) electrons. The van der Waals surface area contributed by atoms with Crippen molar-refractivity contribution in [3.63, 3.8) is 0 Å². The highest BCUT2D eigenvalue weighted by Gasteiger charge is 2.53. The van der Waals surface area contributed by atoms with E-state index in [0.717, 1.165) is 59.4 Å². The zero-order valence-corrected chi connectivity index (χ0v) is 18.8. The van der Waals surface area contributed by atoms with Gasteiger partial charge in [0.1, 0.15) is 5.82 Å². The molecule has 2 aromatic carbocycles. The molecule has 6 heteroatoms. The molecular formula is C27H30FN3O2. The maximum atomic E-state index is 13.6. The highest BCUT2D eigenvalue weighted by atomic mass is 19.1. The molecule has 1 aliphatic heterocycles. The van der Waals surface area contributed by atoms with Crippen LogP contribution in [0.5, 0.6) is 0 Å². The second-order valence-corrected chi connectivity index (χ2v) is 10.8. The molecule has 1 heterocycles. The molecule has 0 aromatic heterocycles. The van der Waals surface area contributed by atoms with Gasteiger partial charge in [-0.05, 0) is 103 Å². The van der Waals surface area contributed by atoms with Gasteiger partial charge in [0.15, 0.2) is 0 Å². The average molecular weight is 448 g/mol. The van der Waals surface area contributed by atoms with E-state index in [1.165, 1.54) is 31.4 Å². The van der Waals surface area contributed by atoms with Crippen molar-refractivity contribution in [2.24, 2.45) is 23.5 Å². The number of hydrogen-bond acceptors (Lipinski definition) is 3. The molecule has 5 nitrogen and oxygen atoms in total. The number of amides is 2. The van der Waals surface area contributed by atoms with Gasteiger partial charge < -0.3 is 16.0 Å². The molecule has 2 aromatic rings. The van der Waals surface area contributed by atoms with E-state index in [9.17, 15) is 14.0 Å². The second kappa shape index (κ2) is 7.57. The summed E-state index contributed by atoms with van der Waals surface area (Å²) < 4.78 is 13.6. The van der Waals surface area contributed by atoms with Crippen molar-refractivity contribution in [3.05, 3.63) is 64.5 Å². The van der Waals surface area contributed by atoms with Crippen molar-refractivity contribution in [1.82, 2.24) is 4.90 Å². The molecule has 172 valence electrons. The lowest BCUT2D eigenvalue weighted by Crippen LogP contribution is -2.49. The van der Waals surface area contributed by atoms with Crippen molar-refractivity contribution >= 4 is 17.5 Å². The van der Waals surface area contributed by atoms with E-state index in [4.69, 9.17) is 5.73 Å². The molecule has 4 aliphatic carbocycles. The van der Waals surface area contributed by atoms with Gasteiger partial charge in [-0.25, -0.2) is 4.39 Å². The first-order valence-corrected chi connectivity index (χ1v) is 12.1. The van der Waals surface area contributed by atoms with Gasteiger partial charge in [-0.3, -0.25) is 9.59 Å². The Hall–Kier alpha value is -2.89. The van der Waals surface area contributed by atoms with E-state index in [0.29, 0.717) is 18.7 Å². The van der Waals surface area contributed by atoms with E-state index in [1.54, 1.807) is 11.0 Å². The Bertz CT molecular complexity index is 1110. The second-order valence-electron chi connectivity index (χ2n) is 10.8. The number of fused-ring (bicyclic) bond motifs is 1. The lowest BCUT2D eigenvalue weighted by Gasteiger charge is -2.57. The smallest absolute Gasteiger partial charge is 0.249 e. The summed E-state index contributed by atoms with van der Waals surface area (Å²) >= 11 is 0. The molecule has 3 N–H and O–H groups in total. The Morgan fingerprint density at radius 2 is 1.67 bits per heavy atom. The lowest BCUT2D eigenvalue weighted by molar-refractivity contribution is -0.129. The van der Waals surface area contributed by atoms with Crippen molar-refractivity contribution in [2.45, 2.75) is 57.0 Å². The summed E-state index contributed by atoms with van der Waals surface area (Å²) in [5.41, 5.74) is 10.2. The number of primary amides is 1. The summed E-state index contributed by atoms with van der Waals surface area (Å²) in [6.45, 7) is 1.06. The molecule has 0 atom stereocenters. The number of nitrogens with zero attached hydrogens (tertiary/aromatic N) is 1. The van der Waals surface area contributed by atoms with Crippen molar-refractivity contribution in [3.8, 4) is 0 Å². The third kappa shape index (κ3) is 3.51. The predicted molar refractivity (Wildman–Crippen MR) is 124 cm³/mol. The number of nitrogens with one attached hydrogen (secondary N) is 1. The normalized spacial score (nSPS) is 29.2. The van der Waals surface area contributed by atoms with Crippen LogP contribution in [0, 0.1) is 23.6 Å². The molecule has 0 unspecified atom stereocenters. The number of carbonyl (C=O) groups excluding carboxylic acids is 2. The molecule has 0 spiro atoms. The number of anilines is 1. The fourth-order valence-corrected chi connectivity index (χ4v) is 7.72. The van der Waals surface area contributed by atoms with Crippen LogP contribution in [0.4, 0.5) is 10.1 Å². The molecule has 7 rings (SSSR count). The quantitative estimate of drug-likeness (QED) is 0.716. The van der Waals surface area contributed by atoms with Crippen LogP contribution in [-0.4, -0.2) is 23.3 Å². The van der Waals surface area contributed by atoms with E-state index in [-0.39, 0.29) is 23.7 Å². The first-order chi connectivity index (χ1) is 15.9. The standard InChI is InChI=1S/C27H30FN3O2/c28-21-5-4-19-14-31(15-20(19)9-21)24(32)13-30-23-3-1-2-22(26(29)33)25(23)27-10-16-6-17(11-27)8-18(7-16)12-27/h1-5,9,16-18,30H,6-8,10-15H2,(H2,29,33). The van der Waals surface area contributed by atoms with E-state index in [1.807, 2.05) is 18.2 Å². The van der Waals surface area contributed by atoms with Crippen LogP contribution in [0.2, 0.25) is 0 Å². The molecule has 5 aliphatic rings. The largest absolute Gasteiger partial charge is 0.376 e. The summed E-state index contributed by atoms with van der Waals surface area (Å²) in [5.74, 6) is 1.49. The van der Waals surface area contributed by atoms with Crippen molar-refractivity contribution in [2.75, 3.05) is 11.9 Å². The number of carbonyl (C=O) groups is 2. The van der Waals surface area contributed by atoms with E-state index < -0.39 is 5.91 Å². The van der Waals surface area contributed by atoms with Crippen molar-refractivity contribution in [1.29, 1.82) is 0 Å². The Morgan fingerprint density at radius 1 is 1.00 bits per heavy atom. The fourth-order valence-electron chi connectivity index (χ4n) is 7.72. The maximum Gasteiger partial charge on any atom is 0.249 e. The lowest BCUT2D eigenvalue weighted by atomic mass is 9.47. The van der Waals surface area contributed by atoms with Crippen LogP contribution < -0.4 is 11.1 Å². The van der Waals surface area contributed by atoms with Crippen LogP contribution in [0.15, 0.2) is 36.4 Å². The summed E-state index contributed by atoms with van der Waals surface area (Å²) in [5, 5.41) is 3.38. The Morgan fingerprint density at radius 3 is 2.33 bits per heavy atom. The van der Waals surface area contributed by atoms with Crippen LogP contribution in [0.3, 0.4) is 0 Å². The minimum atomic E-state index is -0.396. The first kappa shape index (κ1) is 20.7. The number of benzene rings is 2. The number of rotatable bonds is 5. The topological polar surface area (TPSA) is 75.4 Å². The summed E-state index contributed by atoms with van der Waals surface area (Å²) in [4.78, 5) is 27.2. The molecule has 0 saturated heterocycles. The number of nitrogens with two attached hydrogens (primary N) is 1. The van der Waals surface area contributed by atoms with Crippen molar-refractivity contribution < 1.29 is 14.0 Å². The van der Waals surface area contributed by atoms with Gasteiger partial charge in [0.05, 0.1) is 6.54 Å². The Labute approximate surface area is 193 Å². The molecular weight excluding hydrogens is 417 g/mol. The van der Waals surface area contributed by atoms with Gasteiger partial charge >= 0.3 is 0 Å². The van der Waals surface area contributed by atoms with Crippen LogP contribution in [0.1, 0.15) is 65.6 Å². The van der Waals surface area contributed by atoms with Gasteiger partial charge in [0.2, 0.25) is 11.8 Å². The summed E-state index contributed by atoms with van der Waals surface area (Å²) in [7, 11) is 0. The zero-order valence-electron chi connectivity index (χ0n) is 18.8. The van der Waals surface area contributed by atoms with E-state index >= 15 is 0 Å². The van der Waals surface area contributed by atoms with Gasteiger partial charge in [-0.15, -0.1) is 0 Å². The third-order valence-electron chi connectivity index (χ3n) is 8.57. The highest BCUT2D eigenvalue weighted by molar-refractivity contribution is 5.97. The fraction of sp³-hybridized carbons (Fsp3) is 0.481. The minimum Gasteiger partial charge on any atom is -0.376 e. The first-order valence-electron chi connectivity index (χ1n) is 12.1. The predicted octanol–water partition coefficient (Wildman–Crippen LogP) is 4.35. The van der Waals surface area contributed by atoms with Gasteiger partial charge in [0, 0.05) is 24.3 Å². The average Bonchev–Trinajstić information content (AvgIpc) is 3.19. The van der Waals surface area contributed by atoms with Crippen LogP contribution >= 0.6 is 0 Å². The van der Waals surface area contributed by atoms with Crippen LogP contribution in [0.25, 0.3) is 0 Å². The van der Waals surface area contributed by atoms with Crippen LogP contribution in [-0.2, 0) is 23.3 Å². The third-order valence-corrected chi connectivity index (χ3v) is 8.57. The Balaban J connectivity index is 1.26. The molecule has 4 saturated carbocycles. The summed E-state index contributed by atoms with van der Waals surface area (Å²) in [6, 6.07) is 10.4. The maximum absolute atomic E-state index is 13.6. The number of hydrogen-bond donors (Lipinski definition) is 2. The monoisotopic (exact) mass is 447 g/mol. The van der Waals surface area contributed by atoms with E-state index in [2.05, 4.69) is 5.32 Å². The summed E-state index contributed by atoms with van der Waals surface area (Å²) in [6.07, 6.45) is 7.27. The SMILES string of the molecule is NC(=O)c1cccc(NCC(=O)N2Cc3ccc(F)cc3C2)c1C12CC3CC(CC(C3)C1)C2. The van der Waals surface area contributed by atoms with Gasteiger partial charge in [0.25, 0.3) is 0 Å². The minimum absolute atomic E-state index is 0.0207. The molecule has 2 amide bonds. The molecule has 33 heavy (non-hydrogen) atoms.